The first-order valence-electron chi connectivity index (χ1n) is 6.68. The molecule has 0 aliphatic carbocycles. The summed E-state index contributed by atoms with van der Waals surface area (Å²) >= 11 is 6.08. The summed E-state index contributed by atoms with van der Waals surface area (Å²) in [6.07, 6.45) is 2.02. The van der Waals surface area contributed by atoms with E-state index in [9.17, 15) is 4.79 Å². The van der Waals surface area contributed by atoms with Gasteiger partial charge in [0.05, 0.1) is 16.3 Å². The monoisotopic (exact) mass is 291 g/mol. The van der Waals surface area contributed by atoms with Crippen molar-refractivity contribution in [3.8, 4) is 0 Å². The van der Waals surface area contributed by atoms with Crippen molar-refractivity contribution < 1.29 is 4.79 Å². The Bertz CT molecular complexity index is 634. The Labute approximate surface area is 123 Å². The Morgan fingerprint density at radius 1 is 1.40 bits per heavy atom. The van der Waals surface area contributed by atoms with Crippen LogP contribution in [0.4, 0.5) is 5.82 Å². The number of benzene rings is 1. The van der Waals surface area contributed by atoms with Crippen LogP contribution in [0.25, 0.3) is 0 Å². The molecular weight excluding hydrogens is 274 g/mol. The van der Waals surface area contributed by atoms with Crippen molar-refractivity contribution in [1.82, 2.24) is 9.78 Å². The van der Waals surface area contributed by atoms with Crippen LogP contribution >= 0.6 is 11.6 Å². The van der Waals surface area contributed by atoms with Crippen LogP contribution in [0.3, 0.4) is 0 Å². The summed E-state index contributed by atoms with van der Waals surface area (Å²) in [5, 5.41) is 4.78. The molecule has 0 saturated carbocycles. The molecule has 20 heavy (non-hydrogen) atoms. The van der Waals surface area contributed by atoms with Crippen molar-refractivity contribution in [2.75, 3.05) is 5.73 Å². The van der Waals surface area contributed by atoms with Gasteiger partial charge in [-0.05, 0) is 25.5 Å². The average Bonchev–Trinajstić information content (AvgIpc) is 2.71. The number of hydrogen-bond donors (Lipinski definition) is 1. The van der Waals surface area contributed by atoms with E-state index in [-0.39, 0.29) is 5.78 Å². The van der Waals surface area contributed by atoms with Crippen molar-refractivity contribution in [1.29, 1.82) is 0 Å². The number of hydrogen-bond acceptors (Lipinski definition) is 3. The second kappa shape index (κ2) is 6.09. The SMILES string of the molecule is CCCCn1nc(C)c(C(=O)c2ccccc2Cl)c1N. The normalized spacial score (nSPS) is 10.8. The van der Waals surface area contributed by atoms with Crippen molar-refractivity contribution in [2.45, 2.75) is 33.2 Å². The van der Waals surface area contributed by atoms with Gasteiger partial charge in [0, 0.05) is 12.1 Å². The quantitative estimate of drug-likeness (QED) is 0.858. The average molecular weight is 292 g/mol. The summed E-state index contributed by atoms with van der Waals surface area (Å²) in [6.45, 7) is 4.62. The molecule has 0 radical (unpaired) electrons. The molecule has 2 rings (SSSR count). The van der Waals surface area contributed by atoms with E-state index in [0.717, 1.165) is 19.4 Å². The highest BCUT2D eigenvalue weighted by Gasteiger charge is 2.22. The molecule has 0 aliphatic heterocycles. The Kier molecular flexibility index (Phi) is 4.45. The molecule has 0 fully saturated rings. The van der Waals surface area contributed by atoms with Crippen LogP contribution in [0.2, 0.25) is 5.02 Å². The number of carbonyl (C=O) groups excluding carboxylic acids is 1. The first-order chi connectivity index (χ1) is 9.56. The Balaban J connectivity index is 2.40. The second-order valence-electron chi connectivity index (χ2n) is 4.73. The number of ketones is 1. The number of halogens is 1. The number of nitrogens with two attached hydrogens (primary N) is 1. The van der Waals surface area contributed by atoms with Gasteiger partial charge in [-0.25, -0.2) is 4.68 Å². The third-order valence-corrected chi connectivity index (χ3v) is 3.57. The third kappa shape index (κ3) is 2.70. The number of nitrogen functional groups attached to an aromatic ring is 1. The molecule has 1 heterocycles. The number of anilines is 1. The fraction of sp³-hybridized carbons (Fsp3) is 0.333. The lowest BCUT2D eigenvalue weighted by atomic mass is 10.0. The van der Waals surface area contributed by atoms with Crippen LogP contribution in [0.5, 0.6) is 0 Å². The summed E-state index contributed by atoms with van der Waals surface area (Å²) in [7, 11) is 0. The summed E-state index contributed by atoms with van der Waals surface area (Å²) < 4.78 is 1.70. The highest BCUT2D eigenvalue weighted by atomic mass is 35.5. The molecule has 0 saturated heterocycles. The zero-order valence-electron chi connectivity index (χ0n) is 11.7. The summed E-state index contributed by atoms with van der Waals surface area (Å²) in [4.78, 5) is 12.6. The maximum atomic E-state index is 12.6. The molecule has 0 amide bonds. The van der Waals surface area contributed by atoms with Gasteiger partial charge in [-0.2, -0.15) is 5.10 Å². The number of nitrogens with zero attached hydrogens (tertiary/aromatic N) is 2. The third-order valence-electron chi connectivity index (χ3n) is 3.24. The topological polar surface area (TPSA) is 60.9 Å². The molecule has 106 valence electrons. The minimum Gasteiger partial charge on any atom is -0.383 e. The zero-order chi connectivity index (χ0) is 14.7. The van der Waals surface area contributed by atoms with Gasteiger partial charge in [-0.15, -0.1) is 0 Å². The number of carbonyl (C=O) groups is 1. The van der Waals surface area contributed by atoms with E-state index in [0.29, 0.717) is 27.7 Å². The van der Waals surface area contributed by atoms with Crippen LogP contribution in [0.1, 0.15) is 41.4 Å². The number of rotatable bonds is 5. The lowest BCUT2D eigenvalue weighted by molar-refractivity contribution is 0.103. The lowest BCUT2D eigenvalue weighted by Crippen LogP contribution is -2.09. The molecule has 0 unspecified atom stereocenters. The molecule has 4 nitrogen and oxygen atoms in total. The minimum absolute atomic E-state index is 0.173. The van der Waals surface area contributed by atoms with E-state index < -0.39 is 0 Å². The van der Waals surface area contributed by atoms with Crippen LogP contribution in [0.15, 0.2) is 24.3 Å². The van der Waals surface area contributed by atoms with Gasteiger partial charge in [0.15, 0.2) is 5.78 Å². The molecule has 5 heteroatoms. The maximum absolute atomic E-state index is 12.6. The van der Waals surface area contributed by atoms with Crippen LogP contribution < -0.4 is 5.73 Å². The highest BCUT2D eigenvalue weighted by molar-refractivity contribution is 6.35. The van der Waals surface area contributed by atoms with E-state index in [1.165, 1.54) is 0 Å². The van der Waals surface area contributed by atoms with E-state index in [2.05, 4.69) is 12.0 Å². The predicted molar refractivity (Wildman–Crippen MR) is 81.2 cm³/mol. The number of aromatic nitrogens is 2. The first-order valence-corrected chi connectivity index (χ1v) is 7.06. The van der Waals surface area contributed by atoms with Gasteiger partial charge in [-0.1, -0.05) is 37.1 Å². The maximum Gasteiger partial charge on any atom is 0.200 e. The van der Waals surface area contributed by atoms with E-state index in [4.69, 9.17) is 17.3 Å². The summed E-state index contributed by atoms with van der Waals surface area (Å²) in [5.74, 6) is 0.245. The second-order valence-corrected chi connectivity index (χ2v) is 5.14. The molecule has 2 aromatic rings. The van der Waals surface area contributed by atoms with Gasteiger partial charge in [0.25, 0.3) is 0 Å². The smallest absolute Gasteiger partial charge is 0.200 e. The fourth-order valence-corrected chi connectivity index (χ4v) is 2.36. The molecular formula is C15H18ClN3O. The number of aryl methyl sites for hydroxylation is 2. The van der Waals surface area contributed by atoms with E-state index in [1.54, 1.807) is 35.9 Å². The zero-order valence-corrected chi connectivity index (χ0v) is 12.4. The largest absolute Gasteiger partial charge is 0.383 e. The lowest BCUT2D eigenvalue weighted by Gasteiger charge is -2.05. The fourth-order valence-electron chi connectivity index (χ4n) is 2.14. The Morgan fingerprint density at radius 3 is 2.75 bits per heavy atom. The van der Waals surface area contributed by atoms with Crippen molar-refractivity contribution in [3.05, 3.63) is 46.1 Å². The van der Waals surface area contributed by atoms with Crippen LogP contribution in [0, 0.1) is 6.92 Å². The predicted octanol–water partition coefficient (Wildman–Crippen LogP) is 3.46. The molecule has 2 N–H and O–H groups in total. The number of unbranched alkanes of at least 4 members (excludes halogenated alkanes) is 1. The highest BCUT2D eigenvalue weighted by Crippen LogP contribution is 2.24. The van der Waals surface area contributed by atoms with Gasteiger partial charge >= 0.3 is 0 Å². The Morgan fingerprint density at radius 2 is 2.10 bits per heavy atom. The first kappa shape index (κ1) is 14.6. The van der Waals surface area contributed by atoms with E-state index in [1.807, 2.05) is 0 Å². The molecule has 0 atom stereocenters. The van der Waals surface area contributed by atoms with Crippen LogP contribution in [-0.4, -0.2) is 15.6 Å². The minimum atomic E-state index is -0.173. The molecule has 0 aliphatic rings. The van der Waals surface area contributed by atoms with Crippen LogP contribution in [-0.2, 0) is 6.54 Å². The summed E-state index contributed by atoms with van der Waals surface area (Å²) in [5.41, 5.74) is 7.62. The van der Waals surface area contributed by atoms with Gasteiger partial charge in [0.2, 0.25) is 0 Å². The van der Waals surface area contributed by atoms with Crippen molar-refractivity contribution in [2.24, 2.45) is 0 Å². The molecule has 0 spiro atoms. The molecule has 0 bridgehead atoms. The molecule has 1 aromatic heterocycles. The van der Waals surface area contributed by atoms with Crippen molar-refractivity contribution >= 4 is 23.2 Å². The van der Waals surface area contributed by atoms with E-state index >= 15 is 0 Å². The van der Waals surface area contributed by atoms with Gasteiger partial charge < -0.3 is 5.73 Å². The van der Waals surface area contributed by atoms with Gasteiger partial charge in [0.1, 0.15) is 5.82 Å². The summed E-state index contributed by atoms with van der Waals surface area (Å²) in [6, 6.07) is 6.97. The van der Waals surface area contributed by atoms with Crippen molar-refractivity contribution in [3.63, 3.8) is 0 Å². The molecule has 1 aromatic carbocycles. The standard InChI is InChI=1S/C15H18ClN3O/c1-3-4-9-19-15(17)13(10(2)18-19)14(20)11-7-5-6-8-12(11)16/h5-8H,3-4,9,17H2,1-2H3. The Hall–Kier alpha value is -1.81. The van der Waals surface area contributed by atoms with Gasteiger partial charge in [-0.3, -0.25) is 4.79 Å².